The second-order valence-electron chi connectivity index (χ2n) is 1.55. The number of aliphatic hydroxyl groups is 1. The van der Waals surface area contributed by atoms with Crippen LogP contribution in [0, 0.1) is 0 Å². The zero-order valence-electron chi connectivity index (χ0n) is 7.12. The summed E-state index contributed by atoms with van der Waals surface area (Å²) < 4.78 is 0. The summed E-state index contributed by atoms with van der Waals surface area (Å²) in [4.78, 5) is 0. The zero-order valence-corrected chi connectivity index (χ0v) is 11.6. The average Bonchev–Trinajstić information content (AvgIpc) is 1.94. The van der Waals surface area contributed by atoms with E-state index < -0.39 is 0 Å². The van der Waals surface area contributed by atoms with Gasteiger partial charge in [0.1, 0.15) is 0 Å². The van der Waals surface area contributed by atoms with Gasteiger partial charge in [-0.15, -0.1) is 0 Å². The van der Waals surface area contributed by atoms with Crippen molar-refractivity contribution in [3.8, 4) is 0 Å². The Morgan fingerprint density at radius 3 is 2.00 bits per heavy atom. The molecule has 5 heteroatoms. The molecule has 0 spiro atoms. The minimum Gasteiger partial charge on any atom is -0.392 e. The SMILES string of the molecule is CC.OC1CCSSC1.P.[V]. The van der Waals surface area contributed by atoms with E-state index in [0.717, 1.165) is 17.9 Å². The quantitative estimate of drug-likeness (QED) is 0.526. The first-order chi connectivity index (χ1) is 4.39. The van der Waals surface area contributed by atoms with E-state index in [1.54, 1.807) is 10.8 Å². The van der Waals surface area contributed by atoms with Gasteiger partial charge in [0.2, 0.25) is 0 Å². The van der Waals surface area contributed by atoms with E-state index >= 15 is 0 Å². The smallest absolute Gasteiger partial charge is 0.0647 e. The van der Waals surface area contributed by atoms with E-state index in [1.807, 2.05) is 24.6 Å². The second-order valence-corrected chi connectivity index (χ2v) is 4.18. The predicted octanol–water partition coefficient (Wildman–Crippen LogP) is 2.21. The predicted molar refractivity (Wildman–Crippen MR) is 58.0 cm³/mol. The molecule has 1 radical (unpaired) electrons. The summed E-state index contributed by atoms with van der Waals surface area (Å²) in [6, 6.07) is 0. The van der Waals surface area contributed by atoms with Crippen LogP contribution in [0.3, 0.4) is 0 Å². The summed E-state index contributed by atoms with van der Waals surface area (Å²) in [5.41, 5.74) is 0. The van der Waals surface area contributed by atoms with Crippen LogP contribution in [0.25, 0.3) is 0 Å². The minimum absolute atomic E-state index is 0. The maximum Gasteiger partial charge on any atom is 0.0647 e. The summed E-state index contributed by atoms with van der Waals surface area (Å²) in [6.07, 6.45) is 0.962. The number of aliphatic hydroxyl groups excluding tert-OH is 1. The van der Waals surface area contributed by atoms with Crippen LogP contribution >= 0.6 is 31.5 Å². The first kappa shape index (κ1) is 18.5. The molecule has 1 N–H and O–H groups in total. The van der Waals surface area contributed by atoms with Gasteiger partial charge in [0.05, 0.1) is 6.10 Å². The number of hydrogen-bond acceptors (Lipinski definition) is 3. The van der Waals surface area contributed by atoms with Crippen molar-refractivity contribution in [3.05, 3.63) is 0 Å². The van der Waals surface area contributed by atoms with E-state index in [9.17, 15) is 0 Å². The van der Waals surface area contributed by atoms with Crippen LogP contribution in [-0.2, 0) is 18.6 Å². The summed E-state index contributed by atoms with van der Waals surface area (Å²) in [5, 5.41) is 8.88. The van der Waals surface area contributed by atoms with E-state index in [4.69, 9.17) is 5.11 Å². The van der Waals surface area contributed by atoms with Gasteiger partial charge in [-0.25, -0.2) is 0 Å². The molecule has 0 aromatic carbocycles. The molecule has 0 aromatic heterocycles. The molecule has 0 bridgehead atoms. The van der Waals surface area contributed by atoms with Gasteiger partial charge in [0.25, 0.3) is 0 Å². The molecule has 1 aliphatic rings. The molecule has 1 nitrogen and oxygen atoms in total. The van der Waals surface area contributed by atoms with E-state index in [2.05, 4.69) is 0 Å². The Balaban J connectivity index is -0.000000149. The molecule has 1 aliphatic heterocycles. The molecule has 0 aliphatic carbocycles. The van der Waals surface area contributed by atoms with Gasteiger partial charge in [-0.3, -0.25) is 0 Å². The topological polar surface area (TPSA) is 20.2 Å². The molecule has 0 amide bonds. The maximum atomic E-state index is 8.88. The van der Waals surface area contributed by atoms with Crippen LogP contribution in [0.4, 0.5) is 0 Å². The van der Waals surface area contributed by atoms with Crippen molar-refractivity contribution >= 4 is 31.5 Å². The molecular weight excluding hydrogens is 234 g/mol. The van der Waals surface area contributed by atoms with E-state index in [1.165, 1.54) is 0 Å². The molecule has 1 rings (SSSR count). The molecule has 1 saturated heterocycles. The largest absolute Gasteiger partial charge is 0.392 e. The van der Waals surface area contributed by atoms with Gasteiger partial charge in [-0.2, -0.15) is 9.90 Å². The fraction of sp³-hybridized carbons (Fsp3) is 1.00. The first-order valence-corrected chi connectivity index (χ1v) is 5.81. The van der Waals surface area contributed by atoms with E-state index in [-0.39, 0.29) is 34.6 Å². The van der Waals surface area contributed by atoms with Crippen molar-refractivity contribution in [3.63, 3.8) is 0 Å². The van der Waals surface area contributed by atoms with Crippen molar-refractivity contribution in [2.45, 2.75) is 26.4 Å². The average molecular weight is 251 g/mol. The van der Waals surface area contributed by atoms with Gasteiger partial charge in [-0.1, -0.05) is 35.4 Å². The Kier molecular flexibility index (Phi) is 23.8. The van der Waals surface area contributed by atoms with Crippen molar-refractivity contribution in [1.82, 2.24) is 0 Å². The first-order valence-electron chi connectivity index (χ1n) is 3.32. The van der Waals surface area contributed by atoms with Crippen molar-refractivity contribution in [1.29, 1.82) is 0 Å². The van der Waals surface area contributed by atoms with Crippen LogP contribution in [0.2, 0.25) is 0 Å². The van der Waals surface area contributed by atoms with Crippen LogP contribution in [0.15, 0.2) is 0 Å². The molecular formula is C6H17OPS2V. The zero-order chi connectivity index (χ0) is 7.11. The summed E-state index contributed by atoms with van der Waals surface area (Å²) in [7, 11) is 3.62. The third-order valence-electron chi connectivity index (χ3n) is 0.878. The third kappa shape index (κ3) is 11.7. The molecule has 0 saturated carbocycles. The number of hydrogen-bond donors (Lipinski definition) is 1. The van der Waals surface area contributed by atoms with Crippen LogP contribution in [0.1, 0.15) is 20.3 Å². The summed E-state index contributed by atoms with van der Waals surface area (Å²) in [5.74, 6) is 2.04. The van der Waals surface area contributed by atoms with Gasteiger partial charge >= 0.3 is 0 Å². The molecule has 69 valence electrons. The molecule has 0 aromatic rings. The second kappa shape index (κ2) is 14.2. The molecule has 1 fully saturated rings. The Morgan fingerprint density at radius 2 is 1.82 bits per heavy atom. The van der Waals surface area contributed by atoms with Gasteiger partial charge in [0.15, 0.2) is 0 Å². The number of rotatable bonds is 0. The van der Waals surface area contributed by atoms with Crippen LogP contribution in [0.5, 0.6) is 0 Å². The monoisotopic (exact) mass is 251 g/mol. The van der Waals surface area contributed by atoms with Gasteiger partial charge in [0, 0.05) is 30.1 Å². The molecule has 2 unspecified atom stereocenters. The standard InChI is InChI=1S/C4H8OS2.C2H6.H3P.V/c5-4-1-2-6-7-3-4;1-2;;/h4-5H,1-3H2;1-2H3;1H3;. The van der Waals surface area contributed by atoms with E-state index in [0.29, 0.717) is 0 Å². The molecule has 11 heavy (non-hydrogen) atoms. The van der Waals surface area contributed by atoms with Crippen molar-refractivity contribution < 1.29 is 23.7 Å². The fourth-order valence-electron chi connectivity index (χ4n) is 0.453. The summed E-state index contributed by atoms with van der Waals surface area (Å²) >= 11 is 0. The van der Waals surface area contributed by atoms with Gasteiger partial charge in [-0.05, 0) is 6.42 Å². The normalized spacial score (nSPS) is 21.5. The Hall–Kier alpha value is 1.67. The Bertz CT molecular complexity index is 62.5. The van der Waals surface area contributed by atoms with Crippen molar-refractivity contribution in [2.75, 3.05) is 11.5 Å². The van der Waals surface area contributed by atoms with Gasteiger partial charge < -0.3 is 5.11 Å². The third-order valence-corrected chi connectivity index (χ3v) is 3.38. The van der Waals surface area contributed by atoms with Crippen LogP contribution < -0.4 is 0 Å². The van der Waals surface area contributed by atoms with Crippen molar-refractivity contribution in [2.24, 2.45) is 0 Å². The maximum absolute atomic E-state index is 8.88. The Morgan fingerprint density at radius 1 is 1.27 bits per heavy atom. The Labute approximate surface area is 92.8 Å². The minimum atomic E-state index is -0.0220. The summed E-state index contributed by atoms with van der Waals surface area (Å²) in [6.45, 7) is 4.00. The van der Waals surface area contributed by atoms with Crippen LogP contribution in [-0.4, -0.2) is 22.7 Å². The fourth-order valence-corrected chi connectivity index (χ4v) is 2.76. The molecule has 1 heterocycles. The molecule has 2 atom stereocenters.